The van der Waals surface area contributed by atoms with Crippen molar-refractivity contribution in [3.63, 3.8) is 0 Å². The van der Waals surface area contributed by atoms with E-state index in [1.165, 1.54) is 86.5 Å². The van der Waals surface area contributed by atoms with Gasteiger partial charge >= 0.3 is 0 Å². The predicted octanol–water partition coefficient (Wildman–Crippen LogP) is 10.0. The summed E-state index contributed by atoms with van der Waals surface area (Å²) in [4.78, 5) is 3.07. The number of hydrogen-bond donors (Lipinski definition) is 0. The zero-order valence-electron chi connectivity index (χ0n) is 26.7. The molecule has 0 amide bonds. The van der Waals surface area contributed by atoms with Crippen LogP contribution in [0.2, 0.25) is 0 Å². The summed E-state index contributed by atoms with van der Waals surface area (Å²) in [6, 6.07) is 39.4. The molecule has 3 saturated carbocycles. The molecule has 0 bridgehead atoms. The largest absolute Gasteiger partial charge is 0.372 e. The van der Waals surface area contributed by atoms with Crippen LogP contribution in [0.1, 0.15) is 81.3 Å². The number of ether oxygens (including phenoxy) is 1. The Bertz CT molecular complexity index is 1760. The van der Waals surface area contributed by atoms with Crippen molar-refractivity contribution in [3.8, 4) is 39.4 Å². The van der Waals surface area contributed by atoms with Crippen LogP contribution in [0.4, 0.5) is 0 Å². The maximum Gasteiger partial charge on any atom is 0.0992 e. The third kappa shape index (κ3) is 4.93. The number of rotatable bonds is 4. The highest BCUT2D eigenvalue weighted by molar-refractivity contribution is 5.77. The molecule has 0 aromatic heterocycles. The van der Waals surface area contributed by atoms with Gasteiger partial charge in [-0.2, -0.15) is 5.26 Å². The van der Waals surface area contributed by atoms with Crippen LogP contribution in [0.25, 0.3) is 33.4 Å². The second-order valence-corrected chi connectivity index (χ2v) is 14.8. The van der Waals surface area contributed by atoms with Gasteiger partial charge in [-0.3, -0.25) is 4.90 Å². The summed E-state index contributed by atoms with van der Waals surface area (Å²) in [5, 5.41) is 9.99. The lowest BCUT2D eigenvalue weighted by Crippen LogP contribution is -2.63. The number of fused-ring (bicyclic) bond motifs is 5. The molecule has 3 aliphatic carbocycles. The Morgan fingerprint density at radius 3 is 2.11 bits per heavy atom. The van der Waals surface area contributed by atoms with Gasteiger partial charge in [0.15, 0.2) is 0 Å². The van der Waals surface area contributed by atoms with Gasteiger partial charge in [-0.15, -0.1) is 0 Å². The summed E-state index contributed by atoms with van der Waals surface area (Å²) in [6.45, 7) is 0. The minimum atomic E-state index is 0.474. The summed E-state index contributed by atoms with van der Waals surface area (Å²) in [6.07, 6.45) is 14.2. The zero-order chi connectivity index (χ0) is 30.6. The van der Waals surface area contributed by atoms with E-state index in [9.17, 15) is 5.26 Å². The van der Waals surface area contributed by atoms with Crippen molar-refractivity contribution >= 4 is 0 Å². The summed E-state index contributed by atoms with van der Waals surface area (Å²) >= 11 is 0. The molecule has 2 aliphatic heterocycles. The Kier molecular flexibility index (Phi) is 7.33. The normalized spacial score (nSPS) is 31.7. The van der Waals surface area contributed by atoms with Crippen molar-refractivity contribution in [2.45, 2.75) is 100 Å². The first kappa shape index (κ1) is 28.5. The van der Waals surface area contributed by atoms with E-state index >= 15 is 0 Å². The minimum absolute atomic E-state index is 0.474. The molecule has 2 saturated heterocycles. The predicted molar refractivity (Wildman–Crippen MR) is 185 cm³/mol. The summed E-state index contributed by atoms with van der Waals surface area (Å²) in [5.74, 6) is 2.21. The van der Waals surface area contributed by atoms with Gasteiger partial charge in [0.2, 0.25) is 0 Å². The highest BCUT2D eigenvalue weighted by Crippen LogP contribution is 2.56. The van der Waals surface area contributed by atoms with Crippen LogP contribution in [0.15, 0.2) is 97.1 Å². The van der Waals surface area contributed by atoms with Gasteiger partial charge in [-0.25, -0.2) is 0 Å². The molecular weight excluding hydrogens is 560 g/mol. The van der Waals surface area contributed by atoms with Crippen LogP contribution in [-0.4, -0.2) is 35.2 Å². The van der Waals surface area contributed by atoms with E-state index in [1.54, 1.807) is 0 Å². The van der Waals surface area contributed by atoms with E-state index < -0.39 is 0 Å². The molecular formula is C43H44N2O. The van der Waals surface area contributed by atoms with Crippen molar-refractivity contribution in [3.05, 3.63) is 108 Å². The maximum atomic E-state index is 9.99. The second kappa shape index (κ2) is 11.8. The van der Waals surface area contributed by atoms with E-state index in [1.807, 2.05) is 6.07 Å². The SMILES string of the molecule is N#Cc1cc(-c2ccc(-c3ccccc3)cc2)cc(-c2cccc(C3CCC4C(C3)C3CCCC5OC6CCCCC6N4C53)c2)c1. The van der Waals surface area contributed by atoms with Gasteiger partial charge in [0.25, 0.3) is 0 Å². The summed E-state index contributed by atoms with van der Waals surface area (Å²) in [5.41, 5.74) is 9.20. The van der Waals surface area contributed by atoms with E-state index in [4.69, 9.17) is 4.74 Å². The Morgan fingerprint density at radius 1 is 0.565 bits per heavy atom. The molecule has 8 unspecified atom stereocenters. The van der Waals surface area contributed by atoms with Crippen molar-refractivity contribution < 1.29 is 4.74 Å². The van der Waals surface area contributed by atoms with Crippen molar-refractivity contribution in [2.75, 3.05) is 0 Å². The number of morpholine rings is 1. The van der Waals surface area contributed by atoms with Crippen LogP contribution in [0, 0.1) is 23.2 Å². The summed E-state index contributed by atoms with van der Waals surface area (Å²) < 4.78 is 6.88. The number of benzene rings is 4. The Labute approximate surface area is 274 Å². The topological polar surface area (TPSA) is 36.3 Å². The molecule has 3 nitrogen and oxygen atoms in total. The molecule has 8 atom stereocenters. The second-order valence-electron chi connectivity index (χ2n) is 14.8. The molecule has 4 aromatic carbocycles. The quantitative estimate of drug-likeness (QED) is 0.233. The van der Waals surface area contributed by atoms with Crippen molar-refractivity contribution in [2.24, 2.45) is 11.8 Å². The third-order valence-corrected chi connectivity index (χ3v) is 12.5. The zero-order valence-corrected chi connectivity index (χ0v) is 26.7. The maximum absolute atomic E-state index is 9.99. The fourth-order valence-electron chi connectivity index (χ4n) is 10.5. The molecule has 3 heteroatoms. The van der Waals surface area contributed by atoms with Gasteiger partial charge in [-0.05, 0) is 120 Å². The van der Waals surface area contributed by atoms with E-state index in [0.29, 0.717) is 35.8 Å². The smallest absolute Gasteiger partial charge is 0.0992 e. The van der Waals surface area contributed by atoms with Crippen LogP contribution >= 0.6 is 0 Å². The Hall–Kier alpha value is -3.71. The Balaban J connectivity index is 0.986. The van der Waals surface area contributed by atoms with Crippen LogP contribution in [0.5, 0.6) is 0 Å². The average Bonchev–Trinajstić information content (AvgIpc) is 3.47. The van der Waals surface area contributed by atoms with Gasteiger partial charge in [0, 0.05) is 18.1 Å². The fraction of sp³-hybridized carbons (Fsp3) is 0.419. The molecule has 9 rings (SSSR count). The molecule has 46 heavy (non-hydrogen) atoms. The lowest BCUT2D eigenvalue weighted by atomic mass is 9.68. The number of nitriles is 1. The summed E-state index contributed by atoms with van der Waals surface area (Å²) in [7, 11) is 0. The molecule has 232 valence electrons. The standard InChI is InChI=1S/C43H44N2O/c44-27-28-22-35(31-18-16-30(17-19-31)29-8-2-1-3-9-29)25-36(23-28)33-11-6-10-32(24-33)34-20-21-39-38(26-34)37-12-7-15-42-43(37)45(39)40-13-4-5-14-41(40)46-42/h1-3,6,8-11,16-19,22-25,34,37-43H,4-5,7,12-15,20-21,26H2. The van der Waals surface area contributed by atoms with Crippen molar-refractivity contribution in [1.29, 1.82) is 5.26 Å². The number of hydrogen-bond acceptors (Lipinski definition) is 3. The van der Waals surface area contributed by atoms with Crippen LogP contribution < -0.4 is 0 Å². The first-order chi connectivity index (χ1) is 22.7. The molecule has 0 radical (unpaired) electrons. The highest BCUT2D eigenvalue weighted by Gasteiger charge is 2.59. The van der Waals surface area contributed by atoms with Crippen LogP contribution in [0.3, 0.4) is 0 Å². The van der Waals surface area contributed by atoms with Gasteiger partial charge < -0.3 is 4.74 Å². The average molecular weight is 605 g/mol. The monoisotopic (exact) mass is 604 g/mol. The number of nitrogens with zero attached hydrogens (tertiary/aromatic N) is 2. The van der Waals surface area contributed by atoms with Gasteiger partial charge in [0.05, 0.1) is 23.8 Å². The third-order valence-electron chi connectivity index (χ3n) is 12.5. The molecule has 2 heterocycles. The molecule has 5 aliphatic rings. The lowest BCUT2D eigenvalue weighted by Gasteiger charge is -2.53. The first-order valence-corrected chi connectivity index (χ1v) is 18.0. The Morgan fingerprint density at radius 2 is 1.28 bits per heavy atom. The van der Waals surface area contributed by atoms with E-state index in [2.05, 4.69) is 102 Å². The van der Waals surface area contributed by atoms with E-state index in [0.717, 1.165) is 34.6 Å². The molecule has 0 N–H and O–H groups in total. The fourth-order valence-corrected chi connectivity index (χ4v) is 10.5. The highest BCUT2D eigenvalue weighted by atomic mass is 16.5. The van der Waals surface area contributed by atoms with Crippen molar-refractivity contribution in [1.82, 2.24) is 4.90 Å². The van der Waals surface area contributed by atoms with Gasteiger partial charge in [0.1, 0.15) is 0 Å². The molecule has 4 aromatic rings. The lowest BCUT2D eigenvalue weighted by molar-refractivity contribution is -0.177. The minimum Gasteiger partial charge on any atom is -0.372 e. The van der Waals surface area contributed by atoms with Crippen LogP contribution in [-0.2, 0) is 4.74 Å². The molecule has 0 spiro atoms. The van der Waals surface area contributed by atoms with E-state index in [-0.39, 0.29) is 0 Å². The first-order valence-electron chi connectivity index (χ1n) is 18.0. The molecule has 5 fully saturated rings. The van der Waals surface area contributed by atoms with Gasteiger partial charge in [-0.1, -0.05) is 98.1 Å².